The summed E-state index contributed by atoms with van der Waals surface area (Å²) in [5, 5.41) is 12.5. The Hall–Kier alpha value is -0.0900. The first-order valence-electron chi connectivity index (χ1n) is 2.86. The van der Waals surface area contributed by atoms with E-state index < -0.39 is 0 Å². The highest BCUT2D eigenvalue weighted by Gasteiger charge is 2.10. The number of hydrogen-bond acceptors (Lipinski definition) is 3. The predicted octanol–water partition coefficient (Wildman–Crippen LogP) is 0.982. The Bertz CT molecular complexity index is 118. The molecule has 0 aromatic carbocycles. The van der Waals surface area contributed by atoms with Crippen LogP contribution in [0.15, 0.2) is 4.99 Å². The lowest BCUT2D eigenvalue weighted by molar-refractivity contribution is 0.441. The van der Waals surface area contributed by atoms with Crippen molar-refractivity contribution in [2.75, 3.05) is 11.9 Å². The van der Waals surface area contributed by atoms with Gasteiger partial charge in [0.15, 0.2) is 0 Å². The quantitative estimate of drug-likeness (QED) is 0.611. The Labute approximate surface area is 62.5 Å². The van der Waals surface area contributed by atoms with Gasteiger partial charge in [0, 0.05) is 11.4 Å². The summed E-state index contributed by atoms with van der Waals surface area (Å²) < 4.78 is 0. The zero-order chi connectivity index (χ0) is 6.69. The summed E-state index contributed by atoms with van der Waals surface area (Å²) in [7, 11) is 0. The second-order valence-corrected chi connectivity index (χ2v) is 2.76. The Morgan fingerprint density at radius 1 is 1.89 bits per heavy atom. The molecule has 0 aromatic rings. The van der Waals surface area contributed by atoms with E-state index in [1.54, 1.807) is 0 Å². The summed E-state index contributed by atoms with van der Waals surface area (Å²) in [6.45, 7) is 0.662. The molecule has 0 aliphatic carbocycles. The molecular weight excluding hydrogens is 184 g/mol. The van der Waals surface area contributed by atoms with E-state index in [1.807, 2.05) is 0 Å². The maximum atomic E-state index is 10.7. The fourth-order valence-corrected chi connectivity index (χ4v) is 1.30. The average molecular weight is 192 g/mol. The molecule has 0 amide bonds. The van der Waals surface area contributed by atoms with Gasteiger partial charge in [0.25, 0.3) is 0 Å². The number of hydroxylamine groups is 2. The molecule has 0 bridgehead atoms. The molecule has 1 aliphatic rings. The number of nitrogens with zero attached hydrogens (tertiary/aromatic N) is 2. The first-order chi connectivity index (χ1) is 4.34. The molecule has 3 nitrogen and oxygen atoms in total. The van der Waals surface area contributed by atoms with Crippen LogP contribution in [0.3, 0.4) is 0 Å². The highest BCUT2D eigenvalue weighted by atomic mass is 79.9. The summed E-state index contributed by atoms with van der Waals surface area (Å²) in [4.78, 5) is 3.83. The van der Waals surface area contributed by atoms with Gasteiger partial charge in [0.1, 0.15) is 0 Å². The van der Waals surface area contributed by atoms with E-state index in [0.29, 0.717) is 6.54 Å². The normalized spacial score (nSPS) is 25.6. The molecule has 1 rings (SSSR count). The van der Waals surface area contributed by atoms with E-state index in [1.165, 1.54) is 6.34 Å². The zero-order valence-corrected chi connectivity index (χ0v) is 6.54. The Kier molecular flexibility index (Phi) is 2.48. The van der Waals surface area contributed by atoms with E-state index >= 15 is 0 Å². The predicted molar refractivity (Wildman–Crippen MR) is 40.8 cm³/mol. The van der Waals surface area contributed by atoms with E-state index in [0.717, 1.165) is 16.8 Å². The fraction of sp³-hybridized carbons (Fsp3) is 0.800. The van der Waals surface area contributed by atoms with Gasteiger partial charge in [0.05, 0.1) is 12.9 Å². The highest BCUT2D eigenvalue weighted by Crippen LogP contribution is 2.08. The first-order valence-corrected chi connectivity index (χ1v) is 3.98. The number of alkyl halides is 1. The second-order valence-electron chi connectivity index (χ2n) is 1.97. The number of hydrogen-bond donors (Lipinski definition) is 0. The molecule has 1 unspecified atom stereocenters. The van der Waals surface area contributed by atoms with Crippen LogP contribution in [0.5, 0.6) is 0 Å². The van der Waals surface area contributed by atoms with Crippen molar-refractivity contribution < 1.29 is 0 Å². The third-order valence-electron chi connectivity index (χ3n) is 1.31. The van der Waals surface area contributed by atoms with Gasteiger partial charge < -0.3 is 10.3 Å². The molecule has 0 saturated carbocycles. The Morgan fingerprint density at radius 3 is 3.11 bits per heavy atom. The molecule has 0 spiro atoms. The van der Waals surface area contributed by atoms with E-state index in [2.05, 4.69) is 20.9 Å². The van der Waals surface area contributed by atoms with Gasteiger partial charge >= 0.3 is 0 Å². The van der Waals surface area contributed by atoms with Crippen molar-refractivity contribution in [1.29, 1.82) is 0 Å². The molecule has 1 atom stereocenters. The maximum absolute atomic E-state index is 10.7. The Morgan fingerprint density at radius 2 is 2.67 bits per heavy atom. The topological polar surface area (TPSA) is 38.7 Å². The van der Waals surface area contributed by atoms with Crippen molar-refractivity contribution in [3.05, 3.63) is 5.21 Å². The van der Waals surface area contributed by atoms with Gasteiger partial charge in [-0.25, -0.2) is 0 Å². The summed E-state index contributed by atoms with van der Waals surface area (Å²) in [6.07, 6.45) is 2.23. The minimum absolute atomic E-state index is 0.0874. The minimum atomic E-state index is 0.0874. The van der Waals surface area contributed by atoms with Crippen LogP contribution in [0.2, 0.25) is 0 Å². The van der Waals surface area contributed by atoms with Crippen LogP contribution >= 0.6 is 15.9 Å². The van der Waals surface area contributed by atoms with Crippen molar-refractivity contribution in [2.45, 2.75) is 12.5 Å². The highest BCUT2D eigenvalue weighted by molar-refractivity contribution is 9.09. The molecular formula is C5H8BrN2O-. The molecule has 1 heterocycles. The van der Waals surface area contributed by atoms with Gasteiger partial charge in [-0.3, -0.25) is 4.99 Å². The van der Waals surface area contributed by atoms with Crippen LogP contribution in [0.4, 0.5) is 0 Å². The van der Waals surface area contributed by atoms with Gasteiger partial charge in [-0.1, -0.05) is 15.9 Å². The fourth-order valence-electron chi connectivity index (χ4n) is 0.769. The van der Waals surface area contributed by atoms with Crippen LogP contribution in [0.1, 0.15) is 6.42 Å². The van der Waals surface area contributed by atoms with Crippen molar-refractivity contribution >= 4 is 22.3 Å². The van der Waals surface area contributed by atoms with Crippen LogP contribution in [-0.4, -0.2) is 29.3 Å². The average Bonchev–Trinajstić information content (AvgIpc) is 2.18. The maximum Gasteiger partial charge on any atom is 0.0746 e. The summed E-state index contributed by atoms with van der Waals surface area (Å²) in [5.41, 5.74) is 0. The minimum Gasteiger partial charge on any atom is -0.757 e. The van der Waals surface area contributed by atoms with Crippen LogP contribution < -0.4 is 0 Å². The van der Waals surface area contributed by atoms with Crippen molar-refractivity contribution in [2.24, 2.45) is 4.99 Å². The molecule has 1 aliphatic heterocycles. The molecule has 0 fully saturated rings. The first kappa shape index (κ1) is 7.02. The van der Waals surface area contributed by atoms with Gasteiger partial charge in [-0.2, -0.15) is 0 Å². The van der Waals surface area contributed by atoms with Crippen LogP contribution in [0, 0.1) is 5.21 Å². The lowest BCUT2D eigenvalue weighted by Gasteiger charge is -2.28. The van der Waals surface area contributed by atoms with Crippen molar-refractivity contribution in [1.82, 2.24) is 5.06 Å². The third-order valence-corrected chi connectivity index (χ3v) is 1.77. The summed E-state index contributed by atoms with van der Waals surface area (Å²) in [5.74, 6) is 0. The summed E-state index contributed by atoms with van der Waals surface area (Å²) in [6, 6.07) is 0.0874. The van der Waals surface area contributed by atoms with Crippen LogP contribution in [0.25, 0.3) is 0 Å². The van der Waals surface area contributed by atoms with E-state index in [4.69, 9.17) is 0 Å². The summed E-state index contributed by atoms with van der Waals surface area (Å²) >= 11 is 3.27. The number of rotatable bonds is 2. The van der Waals surface area contributed by atoms with Crippen molar-refractivity contribution in [3.8, 4) is 0 Å². The van der Waals surface area contributed by atoms with Crippen molar-refractivity contribution in [3.63, 3.8) is 0 Å². The van der Waals surface area contributed by atoms with E-state index in [-0.39, 0.29) is 6.04 Å². The second kappa shape index (κ2) is 3.17. The largest absolute Gasteiger partial charge is 0.757 e. The number of halogens is 1. The molecule has 4 heteroatoms. The standard InChI is InChI=1S/C5H8BrN2O/c6-2-1-5-3-7-4-8(5)9/h4-5H,1-3H2/q-1. The lowest BCUT2D eigenvalue weighted by Crippen LogP contribution is -2.26. The van der Waals surface area contributed by atoms with Gasteiger partial charge in [-0.15, -0.1) is 0 Å². The molecule has 0 N–H and O–H groups in total. The Balaban J connectivity index is 2.28. The van der Waals surface area contributed by atoms with E-state index in [9.17, 15) is 5.21 Å². The zero-order valence-electron chi connectivity index (χ0n) is 4.96. The lowest BCUT2D eigenvalue weighted by atomic mass is 10.2. The number of aliphatic imine (C=N–C) groups is 1. The van der Waals surface area contributed by atoms with Gasteiger partial charge in [-0.05, 0) is 6.42 Å². The monoisotopic (exact) mass is 191 g/mol. The SMILES string of the molecule is [O-]N1C=NCC1CCBr. The van der Waals surface area contributed by atoms with Gasteiger partial charge in [0.2, 0.25) is 0 Å². The smallest absolute Gasteiger partial charge is 0.0746 e. The molecule has 9 heavy (non-hydrogen) atoms. The van der Waals surface area contributed by atoms with Crippen LogP contribution in [-0.2, 0) is 0 Å². The molecule has 0 saturated heterocycles. The molecule has 0 radical (unpaired) electrons. The third kappa shape index (κ3) is 1.66. The molecule has 52 valence electrons. The molecule has 0 aromatic heterocycles.